The van der Waals surface area contributed by atoms with E-state index in [9.17, 15) is 4.79 Å². The van der Waals surface area contributed by atoms with Gasteiger partial charge in [-0.15, -0.1) is 11.3 Å². The van der Waals surface area contributed by atoms with Crippen LogP contribution in [0.15, 0.2) is 6.07 Å². The second-order valence-electron chi connectivity index (χ2n) is 6.67. The minimum absolute atomic E-state index is 0.0397. The number of aryl methyl sites for hydroxylation is 2. The molecular weight excluding hydrogens is 308 g/mol. The Labute approximate surface area is 141 Å². The van der Waals surface area contributed by atoms with E-state index < -0.39 is 0 Å². The lowest BCUT2D eigenvalue weighted by molar-refractivity contribution is 0.0954. The Bertz CT molecular complexity index is 648. The van der Waals surface area contributed by atoms with Crippen LogP contribution in [0.1, 0.15) is 41.6 Å². The van der Waals surface area contributed by atoms with Crippen LogP contribution in [0.25, 0.3) is 10.2 Å². The van der Waals surface area contributed by atoms with Gasteiger partial charge in [-0.1, -0.05) is 6.92 Å². The lowest BCUT2D eigenvalue weighted by Gasteiger charge is -2.30. The van der Waals surface area contributed by atoms with E-state index in [0.29, 0.717) is 0 Å². The average Bonchev–Trinajstić information content (AvgIpc) is 3.08. The number of amides is 1. The van der Waals surface area contributed by atoms with E-state index >= 15 is 0 Å². The van der Waals surface area contributed by atoms with Gasteiger partial charge in [0.15, 0.2) is 0 Å². The summed E-state index contributed by atoms with van der Waals surface area (Å²) < 4.78 is 1.85. The topological polar surface area (TPSA) is 50.2 Å². The third-order valence-electron chi connectivity index (χ3n) is 4.73. The molecule has 0 spiro atoms. The fourth-order valence-electron chi connectivity index (χ4n) is 3.19. The number of carbonyl (C=O) groups excluding carboxylic acids is 1. The van der Waals surface area contributed by atoms with Crippen molar-refractivity contribution in [1.29, 1.82) is 0 Å². The van der Waals surface area contributed by atoms with Crippen molar-refractivity contribution in [1.82, 2.24) is 20.0 Å². The van der Waals surface area contributed by atoms with E-state index in [-0.39, 0.29) is 5.91 Å². The van der Waals surface area contributed by atoms with Crippen LogP contribution in [0.2, 0.25) is 0 Å². The maximum atomic E-state index is 12.3. The standard InChI is InChI=1S/C17H26N4OS/c1-12-5-9-21(10-6-12)8-4-7-18-16(22)15-11-14-13(2)19-20(3)17(14)23-15/h11-12H,4-10H2,1-3H3,(H,18,22). The smallest absolute Gasteiger partial charge is 0.261 e. The van der Waals surface area contributed by atoms with Gasteiger partial charge < -0.3 is 10.2 Å². The first-order valence-corrected chi connectivity index (χ1v) is 9.30. The first kappa shape index (κ1) is 16.5. The van der Waals surface area contributed by atoms with Crippen LogP contribution < -0.4 is 5.32 Å². The maximum Gasteiger partial charge on any atom is 0.261 e. The van der Waals surface area contributed by atoms with E-state index in [0.717, 1.165) is 46.2 Å². The number of hydrogen-bond acceptors (Lipinski definition) is 4. The number of piperidine rings is 1. The maximum absolute atomic E-state index is 12.3. The van der Waals surface area contributed by atoms with Crippen molar-refractivity contribution >= 4 is 27.5 Å². The second kappa shape index (κ2) is 7.01. The Balaban J connectivity index is 1.46. The highest BCUT2D eigenvalue weighted by Crippen LogP contribution is 2.27. The van der Waals surface area contributed by atoms with Crippen molar-refractivity contribution in [3.8, 4) is 0 Å². The molecule has 0 radical (unpaired) electrons. The van der Waals surface area contributed by atoms with Crippen molar-refractivity contribution in [3.05, 3.63) is 16.6 Å². The number of aromatic nitrogens is 2. The Morgan fingerprint density at radius 3 is 2.87 bits per heavy atom. The first-order valence-electron chi connectivity index (χ1n) is 8.48. The number of carbonyl (C=O) groups is 1. The molecule has 2 aromatic heterocycles. The van der Waals surface area contributed by atoms with E-state index in [1.807, 2.05) is 24.7 Å². The largest absolute Gasteiger partial charge is 0.351 e. The summed E-state index contributed by atoms with van der Waals surface area (Å²) in [6, 6.07) is 1.96. The lowest BCUT2D eigenvalue weighted by Crippen LogP contribution is -2.35. The molecular formula is C17H26N4OS. The molecule has 1 aliphatic heterocycles. The third kappa shape index (κ3) is 3.75. The van der Waals surface area contributed by atoms with Crippen LogP contribution >= 0.6 is 11.3 Å². The van der Waals surface area contributed by atoms with Gasteiger partial charge in [0.2, 0.25) is 0 Å². The van der Waals surface area contributed by atoms with Gasteiger partial charge in [0.25, 0.3) is 5.91 Å². The zero-order valence-corrected chi connectivity index (χ0v) is 15.1. The van der Waals surface area contributed by atoms with Gasteiger partial charge in [-0.2, -0.15) is 5.10 Å². The van der Waals surface area contributed by atoms with Gasteiger partial charge >= 0.3 is 0 Å². The molecule has 3 heterocycles. The molecule has 5 nitrogen and oxygen atoms in total. The van der Waals surface area contributed by atoms with Gasteiger partial charge in [0, 0.05) is 19.0 Å². The molecule has 1 saturated heterocycles. The molecule has 1 amide bonds. The summed E-state index contributed by atoms with van der Waals surface area (Å²) in [4.78, 5) is 16.6. The summed E-state index contributed by atoms with van der Waals surface area (Å²) >= 11 is 1.52. The Hall–Kier alpha value is -1.40. The van der Waals surface area contributed by atoms with Crippen LogP contribution in [0, 0.1) is 12.8 Å². The normalized spacial score (nSPS) is 17.0. The van der Waals surface area contributed by atoms with E-state index in [1.54, 1.807) is 0 Å². The van der Waals surface area contributed by atoms with Crippen LogP contribution in [0.4, 0.5) is 0 Å². The summed E-state index contributed by atoms with van der Waals surface area (Å²) in [5.41, 5.74) is 0.983. The number of thiophene rings is 1. The first-order chi connectivity index (χ1) is 11.0. The molecule has 6 heteroatoms. The fraction of sp³-hybridized carbons (Fsp3) is 0.647. The number of hydrogen-bond donors (Lipinski definition) is 1. The highest BCUT2D eigenvalue weighted by atomic mass is 32.1. The Morgan fingerprint density at radius 2 is 2.17 bits per heavy atom. The molecule has 23 heavy (non-hydrogen) atoms. The van der Waals surface area contributed by atoms with Gasteiger partial charge in [-0.05, 0) is 57.8 Å². The lowest BCUT2D eigenvalue weighted by atomic mass is 9.99. The number of nitrogens with zero attached hydrogens (tertiary/aromatic N) is 3. The van der Waals surface area contributed by atoms with Crippen molar-refractivity contribution in [2.75, 3.05) is 26.2 Å². The molecule has 1 fully saturated rings. The summed E-state index contributed by atoms with van der Waals surface area (Å²) in [7, 11) is 1.92. The molecule has 1 N–H and O–H groups in total. The Kier molecular flexibility index (Phi) is 5.02. The fourth-order valence-corrected chi connectivity index (χ4v) is 4.23. The Morgan fingerprint density at radius 1 is 1.43 bits per heavy atom. The van der Waals surface area contributed by atoms with Crippen LogP contribution in [-0.4, -0.2) is 46.8 Å². The van der Waals surface area contributed by atoms with Gasteiger partial charge in [-0.25, -0.2) is 0 Å². The van der Waals surface area contributed by atoms with Crippen molar-refractivity contribution in [3.63, 3.8) is 0 Å². The average molecular weight is 334 g/mol. The number of fused-ring (bicyclic) bond motifs is 1. The number of likely N-dealkylation sites (tertiary alicyclic amines) is 1. The summed E-state index contributed by atoms with van der Waals surface area (Å²) in [5, 5.41) is 8.51. The SMILES string of the molecule is Cc1nn(C)c2sc(C(=O)NCCCN3CCC(C)CC3)cc12. The van der Waals surface area contributed by atoms with Crippen molar-refractivity contribution < 1.29 is 4.79 Å². The monoisotopic (exact) mass is 334 g/mol. The summed E-state index contributed by atoms with van der Waals surface area (Å²) in [6.45, 7) is 8.56. The molecule has 1 aliphatic rings. The zero-order valence-electron chi connectivity index (χ0n) is 14.3. The van der Waals surface area contributed by atoms with Gasteiger partial charge in [-0.3, -0.25) is 9.48 Å². The molecule has 0 aromatic carbocycles. The van der Waals surface area contributed by atoms with Crippen molar-refractivity contribution in [2.24, 2.45) is 13.0 Å². The van der Waals surface area contributed by atoms with Gasteiger partial charge in [0.05, 0.1) is 10.6 Å². The van der Waals surface area contributed by atoms with Crippen LogP contribution in [-0.2, 0) is 7.05 Å². The second-order valence-corrected chi connectivity index (χ2v) is 7.70. The predicted molar refractivity (Wildman–Crippen MR) is 95.1 cm³/mol. The molecule has 0 aliphatic carbocycles. The molecule has 126 valence electrons. The highest BCUT2D eigenvalue weighted by Gasteiger charge is 2.16. The predicted octanol–water partition coefficient (Wildman–Crippen LogP) is 2.80. The molecule has 3 rings (SSSR count). The zero-order chi connectivity index (χ0) is 16.4. The molecule has 2 aromatic rings. The highest BCUT2D eigenvalue weighted by molar-refractivity contribution is 7.20. The van der Waals surface area contributed by atoms with E-state index in [1.165, 1.54) is 37.3 Å². The number of nitrogens with one attached hydrogen (secondary N) is 1. The quantitative estimate of drug-likeness (QED) is 0.856. The minimum Gasteiger partial charge on any atom is -0.351 e. The van der Waals surface area contributed by atoms with Gasteiger partial charge in [0.1, 0.15) is 4.83 Å². The molecule has 0 saturated carbocycles. The molecule has 0 bridgehead atoms. The van der Waals surface area contributed by atoms with Crippen molar-refractivity contribution in [2.45, 2.75) is 33.1 Å². The molecule has 0 atom stereocenters. The summed E-state index contributed by atoms with van der Waals surface area (Å²) in [6.07, 6.45) is 3.63. The van der Waals surface area contributed by atoms with Crippen LogP contribution in [0.5, 0.6) is 0 Å². The third-order valence-corrected chi connectivity index (χ3v) is 5.93. The summed E-state index contributed by atoms with van der Waals surface area (Å²) in [5.74, 6) is 0.912. The van der Waals surface area contributed by atoms with Crippen LogP contribution in [0.3, 0.4) is 0 Å². The minimum atomic E-state index is 0.0397. The van der Waals surface area contributed by atoms with E-state index in [4.69, 9.17) is 0 Å². The van der Waals surface area contributed by atoms with E-state index in [2.05, 4.69) is 22.2 Å². The molecule has 0 unspecified atom stereocenters. The number of rotatable bonds is 5.